The number of amides is 1. The molecule has 8 nitrogen and oxygen atoms in total. The van der Waals surface area contributed by atoms with Crippen LogP contribution in [0.4, 0.5) is 0 Å². The second-order valence-corrected chi connectivity index (χ2v) is 9.44. The quantitative estimate of drug-likeness (QED) is 0.483. The molecular formula is C26H30N6O2. The number of carbonyl (C=O) groups is 1. The highest BCUT2D eigenvalue weighted by molar-refractivity contribution is 5.99. The van der Waals surface area contributed by atoms with Gasteiger partial charge in [-0.1, -0.05) is 40.6 Å². The van der Waals surface area contributed by atoms with E-state index in [1.807, 2.05) is 33.7 Å². The predicted octanol–water partition coefficient (Wildman–Crippen LogP) is 4.56. The third-order valence-electron chi connectivity index (χ3n) is 6.35. The summed E-state index contributed by atoms with van der Waals surface area (Å²) in [4.78, 5) is 26.6. The highest BCUT2D eigenvalue weighted by Gasteiger charge is 2.42. The predicted molar refractivity (Wildman–Crippen MR) is 129 cm³/mol. The van der Waals surface area contributed by atoms with Gasteiger partial charge in [-0.3, -0.25) is 14.3 Å². The van der Waals surface area contributed by atoms with Crippen molar-refractivity contribution < 1.29 is 9.32 Å². The van der Waals surface area contributed by atoms with Gasteiger partial charge in [0.15, 0.2) is 11.5 Å². The van der Waals surface area contributed by atoms with Crippen LogP contribution >= 0.6 is 0 Å². The van der Waals surface area contributed by atoms with E-state index >= 15 is 0 Å². The van der Waals surface area contributed by atoms with Gasteiger partial charge in [0.2, 0.25) is 0 Å². The van der Waals surface area contributed by atoms with Crippen LogP contribution in [-0.2, 0) is 6.54 Å². The minimum Gasteiger partial charge on any atom is -0.332 e. The van der Waals surface area contributed by atoms with Crippen LogP contribution in [0.25, 0.3) is 17.3 Å². The first-order valence-electron chi connectivity index (χ1n) is 11.7. The monoisotopic (exact) mass is 458 g/mol. The van der Waals surface area contributed by atoms with E-state index in [9.17, 15) is 4.79 Å². The summed E-state index contributed by atoms with van der Waals surface area (Å²) in [6, 6.07) is 7.63. The lowest BCUT2D eigenvalue weighted by atomic mass is 9.97. The van der Waals surface area contributed by atoms with E-state index in [1.165, 1.54) is 11.1 Å². The van der Waals surface area contributed by atoms with E-state index in [4.69, 9.17) is 9.51 Å². The Morgan fingerprint density at radius 1 is 1.15 bits per heavy atom. The highest BCUT2D eigenvalue weighted by Crippen LogP contribution is 2.43. The molecular weight excluding hydrogens is 428 g/mol. The Kier molecular flexibility index (Phi) is 5.91. The molecule has 8 heteroatoms. The van der Waals surface area contributed by atoms with Crippen molar-refractivity contribution in [1.82, 2.24) is 29.5 Å². The van der Waals surface area contributed by atoms with Crippen LogP contribution in [0.5, 0.6) is 0 Å². The third-order valence-corrected chi connectivity index (χ3v) is 6.35. The number of imidazole rings is 1. The van der Waals surface area contributed by atoms with Crippen molar-refractivity contribution in [1.29, 1.82) is 0 Å². The number of para-hydroxylation sites is 1. The Morgan fingerprint density at radius 2 is 1.88 bits per heavy atom. The van der Waals surface area contributed by atoms with Crippen LogP contribution < -0.4 is 0 Å². The molecule has 2 aliphatic heterocycles. The van der Waals surface area contributed by atoms with Gasteiger partial charge in [-0.2, -0.15) is 4.98 Å². The average molecular weight is 459 g/mol. The second kappa shape index (κ2) is 9.02. The maximum atomic E-state index is 13.1. The maximum Gasteiger partial charge on any atom is 0.278 e. The number of nitrogens with zero attached hydrogens (tertiary/aromatic N) is 6. The number of allylic oxidation sites excluding steroid dienone is 2. The van der Waals surface area contributed by atoms with Crippen molar-refractivity contribution in [2.45, 2.75) is 46.7 Å². The fraction of sp³-hybridized carbons (Fsp3) is 0.385. The summed E-state index contributed by atoms with van der Waals surface area (Å²) >= 11 is 0. The molecule has 0 radical (unpaired) electrons. The van der Waals surface area contributed by atoms with Gasteiger partial charge < -0.3 is 9.42 Å². The van der Waals surface area contributed by atoms with Crippen molar-refractivity contribution in [3.63, 3.8) is 0 Å². The molecule has 2 aliphatic rings. The third kappa shape index (κ3) is 4.09. The lowest BCUT2D eigenvalue weighted by Crippen LogP contribution is -2.44. The van der Waals surface area contributed by atoms with Crippen molar-refractivity contribution in [3.05, 3.63) is 71.0 Å². The van der Waals surface area contributed by atoms with Gasteiger partial charge in [0.05, 0.1) is 29.5 Å². The first kappa shape index (κ1) is 22.3. The number of fused-ring (bicyclic) bond motifs is 5. The Labute approximate surface area is 199 Å². The molecule has 0 saturated carbocycles. The van der Waals surface area contributed by atoms with E-state index < -0.39 is 0 Å². The fourth-order valence-electron chi connectivity index (χ4n) is 4.41. The van der Waals surface area contributed by atoms with Crippen LogP contribution in [0.1, 0.15) is 62.0 Å². The molecule has 176 valence electrons. The van der Waals surface area contributed by atoms with Crippen molar-refractivity contribution in [2.75, 3.05) is 19.6 Å². The lowest BCUT2D eigenvalue weighted by molar-refractivity contribution is 0.0461. The van der Waals surface area contributed by atoms with E-state index in [0.717, 1.165) is 37.4 Å². The molecule has 0 unspecified atom stereocenters. The smallest absolute Gasteiger partial charge is 0.278 e. The number of hydrogen-bond acceptors (Lipinski definition) is 6. The fourth-order valence-corrected chi connectivity index (χ4v) is 4.41. The van der Waals surface area contributed by atoms with Gasteiger partial charge >= 0.3 is 0 Å². The number of rotatable bonds is 7. The topological polar surface area (TPSA) is 80.3 Å². The summed E-state index contributed by atoms with van der Waals surface area (Å²) < 4.78 is 7.70. The molecule has 34 heavy (non-hydrogen) atoms. The van der Waals surface area contributed by atoms with E-state index in [-0.39, 0.29) is 11.9 Å². The normalized spacial score (nSPS) is 16.3. The molecule has 0 N–H and O–H groups in total. The van der Waals surface area contributed by atoms with Gasteiger partial charge in [-0.25, -0.2) is 4.98 Å². The van der Waals surface area contributed by atoms with Gasteiger partial charge in [0.25, 0.3) is 11.8 Å². The minimum absolute atomic E-state index is 0.0421. The molecule has 5 rings (SSSR count). The molecule has 4 heterocycles. The van der Waals surface area contributed by atoms with Gasteiger partial charge in [0.1, 0.15) is 6.33 Å². The molecule has 0 spiro atoms. The number of hydrogen-bond donors (Lipinski definition) is 0. The second-order valence-electron chi connectivity index (χ2n) is 9.44. The number of benzene rings is 1. The summed E-state index contributed by atoms with van der Waals surface area (Å²) in [7, 11) is 0. The van der Waals surface area contributed by atoms with Crippen LogP contribution in [0, 0.1) is 0 Å². The van der Waals surface area contributed by atoms with Crippen molar-refractivity contribution in [2.24, 2.45) is 0 Å². The largest absolute Gasteiger partial charge is 0.332 e. The van der Waals surface area contributed by atoms with Crippen molar-refractivity contribution >= 4 is 5.91 Å². The molecule has 0 bridgehead atoms. The Hall–Kier alpha value is -3.52. The molecule has 2 aromatic heterocycles. The summed E-state index contributed by atoms with van der Waals surface area (Å²) in [5.41, 5.74) is 5.66. The van der Waals surface area contributed by atoms with Crippen LogP contribution in [-0.4, -0.2) is 55.0 Å². The standard InChI is InChI=1S/C26H30N6O2/c1-17(2)9-12-30(13-10-18(3)4)15-22-28-25(34-29-22)23-24-21-11-14-31(21)26(33)19-7-5-6-8-20(19)32(24)16-27-23/h5-10,16,21H,11-15H2,1-4H3/t21-/m0/s1. The SMILES string of the molecule is CC(C)=CCN(CC=C(C)C)Cc1noc(-c2ncn3c2[C@@H]2CCN2C(=O)c2ccccc2-3)n1. The van der Waals surface area contributed by atoms with Crippen molar-refractivity contribution in [3.8, 4) is 17.3 Å². The van der Waals surface area contributed by atoms with E-state index in [0.29, 0.717) is 29.5 Å². The molecule has 1 atom stereocenters. The van der Waals surface area contributed by atoms with Gasteiger partial charge in [-0.05, 0) is 46.2 Å². The first-order valence-corrected chi connectivity index (χ1v) is 11.7. The summed E-state index contributed by atoms with van der Waals surface area (Å²) in [6.45, 7) is 11.3. The minimum atomic E-state index is -0.0421. The molecule has 1 saturated heterocycles. The zero-order valence-corrected chi connectivity index (χ0v) is 20.2. The summed E-state index contributed by atoms with van der Waals surface area (Å²) in [5, 5.41) is 4.26. The summed E-state index contributed by atoms with van der Waals surface area (Å²) in [6.07, 6.45) is 7.06. The van der Waals surface area contributed by atoms with Gasteiger partial charge in [0, 0.05) is 19.6 Å². The zero-order valence-electron chi connectivity index (χ0n) is 20.2. The molecule has 1 aromatic carbocycles. The highest BCUT2D eigenvalue weighted by atomic mass is 16.5. The lowest BCUT2D eigenvalue weighted by Gasteiger charge is -2.39. The van der Waals surface area contributed by atoms with Crippen LogP contribution in [0.15, 0.2) is 58.4 Å². The maximum absolute atomic E-state index is 13.1. The Bertz CT molecular complexity index is 1260. The Morgan fingerprint density at radius 3 is 2.56 bits per heavy atom. The van der Waals surface area contributed by atoms with E-state index in [1.54, 1.807) is 6.33 Å². The van der Waals surface area contributed by atoms with E-state index in [2.05, 4.69) is 54.9 Å². The molecule has 1 fully saturated rings. The number of aromatic nitrogens is 4. The van der Waals surface area contributed by atoms with Crippen LogP contribution in [0.2, 0.25) is 0 Å². The summed E-state index contributed by atoms with van der Waals surface area (Å²) in [5.74, 6) is 1.07. The zero-order chi connectivity index (χ0) is 23.8. The first-order chi connectivity index (χ1) is 16.4. The Balaban J connectivity index is 1.46. The van der Waals surface area contributed by atoms with Gasteiger partial charge in [-0.15, -0.1) is 0 Å². The molecule has 1 amide bonds. The molecule has 3 aromatic rings. The van der Waals surface area contributed by atoms with Crippen LogP contribution in [0.3, 0.4) is 0 Å². The number of carbonyl (C=O) groups excluding carboxylic acids is 1. The average Bonchev–Trinajstić information content (AvgIpc) is 3.40. The molecule has 0 aliphatic carbocycles.